The SMILES string of the molecule is COC(=O)CN(C(=O)c1cc[nH]c(=O)c1)C1CCCC1. The van der Waals surface area contributed by atoms with Gasteiger partial charge in [0.15, 0.2) is 0 Å². The lowest BCUT2D eigenvalue weighted by Gasteiger charge is -2.27. The lowest BCUT2D eigenvalue weighted by atomic mass is 10.1. The number of amides is 1. The van der Waals surface area contributed by atoms with Crippen LogP contribution in [0.15, 0.2) is 23.1 Å². The maximum atomic E-state index is 12.5. The zero-order valence-corrected chi connectivity index (χ0v) is 11.4. The van der Waals surface area contributed by atoms with Gasteiger partial charge in [-0.05, 0) is 18.9 Å². The van der Waals surface area contributed by atoms with Crippen molar-refractivity contribution in [3.05, 3.63) is 34.2 Å². The largest absolute Gasteiger partial charge is 0.468 e. The van der Waals surface area contributed by atoms with Crippen LogP contribution in [0.3, 0.4) is 0 Å². The molecule has 0 radical (unpaired) electrons. The number of carbonyl (C=O) groups excluding carboxylic acids is 2. The van der Waals surface area contributed by atoms with Crippen molar-refractivity contribution in [1.82, 2.24) is 9.88 Å². The first-order chi connectivity index (χ1) is 9.61. The minimum atomic E-state index is -0.449. The third-order valence-electron chi connectivity index (χ3n) is 3.58. The predicted molar refractivity (Wildman–Crippen MR) is 72.4 cm³/mol. The molecule has 1 aliphatic carbocycles. The Balaban J connectivity index is 2.22. The van der Waals surface area contributed by atoms with Gasteiger partial charge in [-0.3, -0.25) is 14.4 Å². The summed E-state index contributed by atoms with van der Waals surface area (Å²) in [4.78, 5) is 39.3. The second-order valence-corrected chi connectivity index (χ2v) is 4.89. The molecular weight excluding hydrogens is 260 g/mol. The fourth-order valence-electron chi connectivity index (χ4n) is 2.53. The maximum Gasteiger partial charge on any atom is 0.325 e. The minimum absolute atomic E-state index is 0.0425. The van der Waals surface area contributed by atoms with Gasteiger partial charge in [0.1, 0.15) is 6.54 Å². The van der Waals surface area contributed by atoms with E-state index in [1.165, 1.54) is 24.3 Å². The number of aromatic amines is 1. The van der Waals surface area contributed by atoms with Gasteiger partial charge in [0.2, 0.25) is 5.56 Å². The number of hydrogen-bond acceptors (Lipinski definition) is 4. The van der Waals surface area contributed by atoms with Crippen molar-refractivity contribution >= 4 is 11.9 Å². The molecule has 0 aromatic carbocycles. The monoisotopic (exact) mass is 278 g/mol. The molecule has 6 heteroatoms. The van der Waals surface area contributed by atoms with E-state index in [9.17, 15) is 14.4 Å². The first-order valence-electron chi connectivity index (χ1n) is 6.68. The third kappa shape index (κ3) is 3.26. The van der Waals surface area contributed by atoms with E-state index in [1.807, 2.05) is 0 Å². The molecule has 0 unspecified atom stereocenters. The summed E-state index contributed by atoms with van der Waals surface area (Å²) < 4.78 is 4.65. The van der Waals surface area contributed by atoms with Gasteiger partial charge >= 0.3 is 5.97 Å². The van der Waals surface area contributed by atoms with E-state index in [-0.39, 0.29) is 24.1 Å². The Bertz CT molecular complexity index is 546. The van der Waals surface area contributed by atoms with Crippen molar-refractivity contribution in [2.24, 2.45) is 0 Å². The van der Waals surface area contributed by atoms with E-state index in [0.717, 1.165) is 25.7 Å². The molecule has 1 fully saturated rings. The third-order valence-corrected chi connectivity index (χ3v) is 3.58. The van der Waals surface area contributed by atoms with E-state index in [4.69, 9.17) is 0 Å². The van der Waals surface area contributed by atoms with Crippen LogP contribution in [0.1, 0.15) is 36.0 Å². The van der Waals surface area contributed by atoms with Crippen molar-refractivity contribution in [2.75, 3.05) is 13.7 Å². The van der Waals surface area contributed by atoms with Crippen LogP contribution in [0.2, 0.25) is 0 Å². The predicted octanol–water partition coefficient (Wildman–Crippen LogP) is 0.933. The summed E-state index contributed by atoms with van der Waals surface area (Å²) in [5, 5.41) is 0. The van der Waals surface area contributed by atoms with Crippen LogP contribution in [-0.4, -0.2) is 41.5 Å². The van der Waals surface area contributed by atoms with Crippen LogP contribution in [-0.2, 0) is 9.53 Å². The molecule has 108 valence electrons. The highest BCUT2D eigenvalue weighted by Gasteiger charge is 2.29. The molecule has 0 bridgehead atoms. The van der Waals surface area contributed by atoms with Gasteiger partial charge in [-0.25, -0.2) is 0 Å². The standard InChI is InChI=1S/C14H18N2O4/c1-20-13(18)9-16(11-4-2-3-5-11)14(19)10-6-7-15-12(17)8-10/h6-8,11H,2-5,9H2,1H3,(H,15,17). The average Bonchev–Trinajstić information content (AvgIpc) is 2.97. The Hall–Kier alpha value is -2.11. The van der Waals surface area contributed by atoms with Gasteiger partial charge in [0.05, 0.1) is 7.11 Å². The van der Waals surface area contributed by atoms with Crippen molar-refractivity contribution in [2.45, 2.75) is 31.7 Å². The lowest BCUT2D eigenvalue weighted by Crippen LogP contribution is -2.42. The Morgan fingerprint density at radius 2 is 2.10 bits per heavy atom. The second-order valence-electron chi connectivity index (χ2n) is 4.89. The number of nitrogens with one attached hydrogen (secondary N) is 1. The number of carbonyl (C=O) groups is 2. The van der Waals surface area contributed by atoms with Crippen molar-refractivity contribution < 1.29 is 14.3 Å². The molecule has 1 aromatic heterocycles. The zero-order chi connectivity index (χ0) is 14.5. The molecule has 0 saturated heterocycles. The minimum Gasteiger partial charge on any atom is -0.468 e. The Labute approximate surface area is 116 Å². The number of hydrogen-bond donors (Lipinski definition) is 1. The molecule has 0 aliphatic heterocycles. The Morgan fingerprint density at radius 3 is 2.70 bits per heavy atom. The summed E-state index contributed by atoms with van der Waals surface area (Å²) in [7, 11) is 1.30. The Kier molecular flexibility index (Phi) is 4.55. The molecule has 2 rings (SSSR count). The van der Waals surface area contributed by atoms with Crippen LogP contribution < -0.4 is 5.56 Å². The first-order valence-corrected chi connectivity index (χ1v) is 6.68. The molecule has 1 heterocycles. The summed E-state index contributed by atoms with van der Waals surface area (Å²) in [6.45, 7) is -0.0766. The number of aromatic nitrogens is 1. The smallest absolute Gasteiger partial charge is 0.325 e. The molecule has 1 aliphatic rings. The molecule has 1 saturated carbocycles. The summed E-state index contributed by atoms with van der Waals surface area (Å²) in [5.41, 5.74) is -0.0372. The summed E-state index contributed by atoms with van der Waals surface area (Å²) in [6, 6.07) is 2.84. The van der Waals surface area contributed by atoms with Crippen LogP contribution in [0.25, 0.3) is 0 Å². The van der Waals surface area contributed by atoms with Gasteiger partial charge in [0, 0.05) is 23.9 Å². The molecule has 0 atom stereocenters. The molecule has 1 aromatic rings. The topological polar surface area (TPSA) is 79.5 Å². The second kappa shape index (κ2) is 6.36. The van der Waals surface area contributed by atoms with Gasteiger partial charge in [-0.2, -0.15) is 0 Å². The normalized spacial score (nSPS) is 15.1. The summed E-state index contributed by atoms with van der Waals surface area (Å²) >= 11 is 0. The highest BCUT2D eigenvalue weighted by atomic mass is 16.5. The quantitative estimate of drug-likeness (QED) is 0.831. The fourth-order valence-corrected chi connectivity index (χ4v) is 2.53. The van der Waals surface area contributed by atoms with Crippen molar-refractivity contribution in [3.63, 3.8) is 0 Å². The molecule has 1 N–H and O–H groups in total. The fraction of sp³-hybridized carbons (Fsp3) is 0.500. The van der Waals surface area contributed by atoms with E-state index in [0.29, 0.717) is 5.56 Å². The van der Waals surface area contributed by atoms with E-state index in [1.54, 1.807) is 6.07 Å². The van der Waals surface area contributed by atoms with E-state index in [2.05, 4.69) is 9.72 Å². The molecule has 20 heavy (non-hydrogen) atoms. The maximum absolute atomic E-state index is 12.5. The number of H-pyrrole nitrogens is 1. The van der Waals surface area contributed by atoms with Gasteiger partial charge in [0.25, 0.3) is 5.91 Å². The number of pyridine rings is 1. The van der Waals surface area contributed by atoms with Crippen molar-refractivity contribution in [1.29, 1.82) is 0 Å². The van der Waals surface area contributed by atoms with Crippen LogP contribution >= 0.6 is 0 Å². The average molecular weight is 278 g/mol. The highest BCUT2D eigenvalue weighted by Crippen LogP contribution is 2.24. The Morgan fingerprint density at radius 1 is 1.40 bits per heavy atom. The number of rotatable bonds is 4. The van der Waals surface area contributed by atoms with E-state index < -0.39 is 5.97 Å². The number of esters is 1. The summed E-state index contributed by atoms with van der Waals surface area (Å²) in [6.07, 6.45) is 5.29. The zero-order valence-electron chi connectivity index (χ0n) is 11.4. The number of nitrogens with zero attached hydrogens (tertiary/aromatic N) is 1. The first kappa shape index (κ1) is 14.3. The van der Waals surface area contributed by atoms with Crippen LogP contribution in [0, 0.1) is 0 Å². The van der Waals surface area contributed by atoms with Crippen LogP contribution in [0.5, 0.6) is 0 Å². The summed E-state index contributed by atoms with van der Waals surface area (Å²) in [5.74, 6) is -0.747. The molecule has 6 nitrogen and oxygen atoms in total. The van der Waals surface area contributed by atoms with Crippen LogP contribution in [0.4, 0.5) is 0 Å². The number of methoxy groups -OCH3 is 1. The van der Waals surface area contributed by atoms with Gasteiger partial charge in [-0.1, -0.05) is 12.8 Å². The lowest BCUT2D eigenvalue weighted by molar-refractivity contribution is -0.141. The van der Waals surface area contributed by atoms with Gasteiger partial charge < -0.3 is 14.6 Å². The molecular formula is C14H18N2O4. The highest BCUT2D eigenvalue weighted by molar-refractivity contribution is 5.96. The molecule has 0 spiro atoms. The van der Waals surface area contributed by atoms with Crippen molar-refractivity contribution in [3.8, 4) is 0 Å². The number of ether oxygens (including phenoxy) is 1. The van der Waals surface area contributed by atoms with E-state index >= 15 is 0 Å². The molecule has 1 amide bonds. The van der Waals surface area contributed by atoms with Gasteiger partial charge in [-0.15, -0.1) is 0 Å².